The molecule has 1 unspecified atom stereocenters. The van der Waals surface area contributed by atoms with Crippen molar-refractivity contribution in [2.75, 3.05) is 13.6 Å². The largest absolute Gasteiger partial charge is 0.344 e. The van der Waals surface area contributed by atoms with E-state index in [9.17, 15) is 4.79 Å². The Labute approximate surface area is 94.9 Å². The highest BCUT2D eigenvalue weighted by molar-refractivity contribution is 5.83. The highest BCUT2D eigenvalue weighted by Gasteiger charge is 2.28. The van der Waals surface area contributed by atoms with E-state index in [1.807, 2.05) is 20.0 Å². The molecule has 2 heterocycles. The van der Waals surface area contributed by atoms with Gasteiger partial charge >= 0.3 is 0 Å². The molecule has 5 nitrogen and oxygen atoms in total. The number of rotatable bonds is 3. The predicted octanol–water partition coefficient (Wildman–Crippen LogP) is 0.105. The van der Waals surface area contributed by atoms with Gasteiger partial charge in [0.05, 0.1) is 11.7 Å². The van der Waals surface area contributed by atoms with Crippen LogP contribution in [0.2, 0.25) is 0 Å². The van der Waals surface area contributed by atoms with Crippen molar-refractivity contribution in [2.45, 2.75) is 25.9 Å². The number of likely N-dealkylation sites (N-methyl/N-ethyl adjacent to an activating group) is 1. The fourth-order valence-electron chi connectivity index (χ4n) is 1.85. The lowest BCUT2D eigenvalue weighted by molar-refractivity contribution is -0.128. The van der Waals surface area contributed by atoms with Crippen LogP contribution in [-0.4, -0.2) is 40.4 Å². The fourth-order valence-corrected chi connectivity index (χ4v) is 1.85. The number of likely N-dealkylation sites (tertiary alicyclic amines) is 1. The van der Waals surface area contributed by atoms with Gasteiger partial charge in [0.15, 0.2) is 0 Å². The highest BCUT2D eigenvalue weighted by Crippen LogP contribution is 2.09. The number of carbonyl (C=O) groups is 1. The number of aryl methyl sites for hydroxylation is 1. The highest BCUT2D eigenvalue weighted by atomic mass is 16.2. The molecule has 86 valence electrons. The maximum absolute atomic E-state index is 11.6. The summed E-state index contributed by atoms with van der Waals surface area (Å²) in [5.74, 6) is 0.172. The number of nitrogens with one attached hydrogen (secondary N) is 1. The van der Waals surface area contributed by atoms with Crippen LogP contribution in [0.15, 0.2) is 12.4 Å². The molecule has 1 atom stereocenters. The SMILES string of the molecule is Cc1cc(CNC2CCN(C)C2=O)ncn1. The number of hydrogen-bond acceptors (Lipinski definition) is 4. The number of nitrogens with zero attached hydrogens (tertiary/aromatic N) is 3. The smallest absolute Gasteiger partial charge is 0.239 e. The van der Waals surface area contributed by atoms with Crippen molar-refractivity contribution in [2.24, 2.45) is 0 Å². The second kappa shape index (κ2) is 4.57. The summed E-state index contributed by atoms with van der Waals surface area (Å²) in [5.41, 5.74) is 1.87. The Hall–Kier alpha value is -1.49. The Morgan fingerprint density at radius 3 is 3.00 bits per heavy atom. The van der Waals surface area contributed by atoms with Crippen LogP contribution in [0, 0.1) is 6.92 Å². The average molecular weight is 220 g/mol. The lowest BCUT2D eigenvalue weighted by Crippen LogP contribution is -2.36. The summed E-state index contributed by atoms with van der Waals surface area (Å²) in [6.07, 6.45) is 2.42. The summed E-state index contributed by atoms with van der Waals surface area (Å²) < 4.78 is 0. The molecule has 16 heavy (non-hydrogen) atoms. The van der Waals surface area contributed by atoms with Crippen LogP contribution in [0.25, 0.3) is 0 Å². The minimum Gasteiger partial charge on any atom is -0.344 e. The summed E-state index contributed by atoms with van der Waals surface area (Å²) in [5, 5.41) is 3.22. The molecule has 1 aliphatic heterocycles. The first kappa shape index (κ1) is 11.0. The molecule has 1 aliphatic rings. The van der Waals surface area contributed by atoms with Gasteiger partial charge in [0, 0.05) is 25.8 Å². The van der Waals surface area contributed by atoms with Crippen LogP contribution >= 0.6 is 0 Å². The molecule has 1 saturated heterocycles. The monoisotopic (exact) mass is 220 g/mol. The van der Waals surface area contributed by atoms with Crippen molar-refractivity contribution in [1.82, 2.24) is 20.2 Å². The van der Waals surface area contributed by atoms with Crippen molar-refractivity contribution < 1.29 is 4.79 Å². The zero-order valence-electron chi connectivity index (χ0n) is 9.60. The Kier molecular flexibility index (Phi) is 3.14. The maximum atomic E-state index is 11.6. The van der Waals surface area contributed by atoms with Crippen molar-refractivity contribution in [1.29, 1.82) is 0 Å². The van der Waals surface area contributed by atoms with Gasteiger partial charge < -0.3 is 10.2 Å². The van der Waals surface area contributed by atoms with Crippen LogP contribution in [0.5, 0.6) is 0 Å². The van der Waals surface area contributed by atoms with Crippen LogP contribution in [0.3, 0.4) is 0 Å². The second-order valence-corrected chi connectivity index (χ2v) is 4.13. The van der Waals surface area contributed by atoms with Gasteiger partial charge in [0.25, 0.3) is 0 Å². The lowest BCUT2D eigenvalue weighted by atomic mass is 10.2. The number of carbonyl (C=O) groups excluding carboxylic acids is 1. The molecule has 0 spiro atoms. The molecule has 0 radical (unpaired) electrons. The molecule has 0 saturated carbocycles. The Morgan fingerprint density at radius 2 is 2.38 bits per heavy atom. The van der Waals surface area contributed by atoms with Gasteiger partial charge in [-0.2, -0.15) is 0 Å². The van der Waals surface area contributed by atoms with E-state index in [-0.39, 0.29) is 11.9 Å². The van der Waals surface area contributed by atoms with Gasteiger partial charge in [-0.15, -0.1) is 0 Å². The lowest BCUT2D eigenvalue weighted by Gasteiger charge is -2.11. The second-order valence-electron chi connectivity index (χ2n) is 4.13. The summed E-state index contributed by atoms with van der Waals surface area (Å²) in [4.78, 5) is 21.6. The first-order chi connectivity index (χ1) is 7.66. The minimum absolute atomic E-state index is 0.0553. The molecule has 1 aromatic rings. The van der Waals surface area contributed by atoms with Gasteiger partial charge in [-0.1, -0.05) is 0 Å². The Bertz CT molecular complexity index is 393. The quantitative estimate of drug-likeness (QED) is 0.785. The third-order valence-electron chi connectivity index (χ3n) is 2.82. The molecule has 1 N–H and O–H groups in total. The molecule has 1 amide bonds. The van der Waals surface area contributed by atoms with Gasteiger partial charge in [0.2, 0.25) is 5.91 Å². The third-order valence-corrected chi connectivity index (χ3v) is 2.82. The molecule has 0 aliphatic carbocycles. The van der Waals surface area contributed by atoms with E-state index in [1.165, 1.54) is 0 Å². The zero-order valence-corrected chi connectivity index (χ0v) is 9.60. The average Bonchev–Trinajstić information content (AvgIpc) is 2.57. The molecule has 1 aromatic heterocycles. The van der Waals surface area contributed by atoms with E-state index >= 15 is 0 Å². The normalized spacial score (nSPS) is 20.5. The third kappa shape index (κ3) is 2.36. The van der Waals surface area contributed by atoms with E-state index in [0.29, 0.717) is 6.54 Å². The molecular formula is C11H16N4O. The fraction of sp³-hybridized carbons (Fsp3) is 0.545. The number of amides is 1. The number of aromatic nitrogens is 2. The van der Waals surface area contributed by atoms with Crippen molar-refractivity contribution in [3.63, 3.8) is 0 Å². The Balaban J connectivity index is 1.90. The van der Waals surface area contributed by atoms with Gasteiger partial charge in [-0.3, -0.25) is 4.79 Å². The first-order valence-electron chi connectivity index (χ1n) is 5.42. The van der Waals surface area contributed by atoms with Crippen molar-refractivity contribution in [3.05, 3.63) is 23.8 Å². The van der Waals surface area contributed by atoms with E-state index in [1.54, 1.807) is 11.2 Å². The van der Waals surface area contributed by atoms with Crippen LogP contribution in [0.1, 0.15) is 17.8 Å². The van der Waals surface area contributed by atoms with Crippen LogP contribution in [-0.2, 0) is 11.3 Å². The topological polar surface area (TPSA) is 58.1 Å². The molecule has 2 rings (SSSR count). The predicted molar refractivity (Wildman–Crippen MR) is 59.7 cm³/mol. The summed E-state index contributed by atoms with van der Waals surface area (Å²) in [7, 11) is 1.83. The summed E-state index contributed by atoms with van der Waals surface area (Å²) in [6, 6.07) is 1.87. The summed E-state index contributed by atoms with van der Waals surface area (Å²) >= 11 is 0. The molecular weight excluding hydrogens is 204 g/mol. The van der Waals surface area contributed by atoms with Crippen molar-refractivity contribution >= 4 is 5.91 Å². The maximum Gasteiger partial charge on any atom is 0.239 e. The Morgan fingerprint density at radius 1 is 1.56 bits per heavy atom. The van der Waals surface area contributed by atoms with Gasteiger partial charge in [0.1, 0.15) is 6.33 Å². The van der Waals surface area contributed by atoms with Gasteiger partial charge in [-0.25, -0.2) is 9.97 Å². The summed E-state index contributed by atoms with van der Waals surface area (Å²) in [6.45, 7) is 3.38. The van der Waals surface area contributed by atoms with Crippen molar-refractivity contribution in [3.8, 4) is 0 Å². The van der Waals surface area contributed by atoms with Crippen LogP contribution in [0.4, 0.5) is 0 Å². The number of hydrogen-bond donors (Lipinski definition) is 1. The molecule has 0 aromatic carbocycles. The van der Waals surface area contributed by atoms with E-state index in [4.69, 9.17) is 0 Å². The zero-order chi connectivity index (χ0) is 11.5. The van der Waals surface area contributed by atoms with E-state index in [0.717, 1.165) is 24.4 Å². The molecule has 0 bridgehead atoms. The standard InChI is InChI=1S/C11H16N4O/c1-8-5-9(14-7-13-8)6-12-10-3-4-15(2)11(10)16/h5,7,10,12H,3-4,6H2,1-2H3. The van der Waals surface area contributed by atoms with Crippen LogP contribution < -0.4 is 5.32 Å². The molecule has 1 fully saturated rings. The molecule has 5 heteroatoms. The van der Waals surface area contributed by atoms with E-state index < -0.39 is 0 Å². The minimum atomic E-state index is -0.0553. The first-order valence-corrected chi connectivity index (χ1v) is 5.42. The van der Waals surface area contributed by atoms with E-state index in [2.05, 4.69) is 15.3 Å². The van der Waals surface area contributed by atoms with Gasteiger partial charge in [-0.05, 0) is 19.4 Å².